The lowest BCUT2D eigenvalue weighted by Gasteiger charge is -2.35. The Balaban J connectivity index is 2.39. The van der Waals surface area contributed by atoms with Crippen molar-refractivity contribution < 1.29 is 18.0 Å². The molecule has 2 rings (SSSR count). The van der Waals surface area contributed by atoms with Gasteiger partial charge in [-0.05, 0) is 24.8 Å². The van der Waals surface area contributed by atoms with Gasteiger partial charge in [-0.25, -0.2) is 0 Å². The number of benzene rings is 1. The number of Topliss-reactive ketones (excluding diaryl/α,β-unsaturated/α-hetero) is 1. The topological polar surface area (TPSA) is 17.1 Å². The molecule has 0 saturated carbocycles. The maximum absolute atomic E-state index is 13.6. The molecule has 0 radical (unpaired) electrons. The predicted molar refractivity (Wildman–Crippen MR) is 76.2 cm³/mol. The number of carbonyl (C=O) groups excluding carboxylic acids is 1. The third-order valence-corrected chi connectivity index (χ3v) is 4.09. The number of halogens is 3. The molecule has 0 aliphatic heterocycles. The largest absolute Gasteiger partial charge is 0.405 e. The number of rotatable bonds is 4. The van der Waals surface area contributed by atoms with E-state index >= 15 is 0 Å². The second kappa shape index (κ2) is 6.04. The number of hydrogen-bond acceptors (Lipinski definition) is 1. The van der Waals surface area contributed by atoms with Crippen molar-refractivity contribution in [3.8, 4) is 0 Å². The number of carbonyl (C=O) groups is 1. The van der Waals surface area contributed by atoms with Crippen LogP contribution in [-0.4, -0.2) is 12.0 Å². The van der Waals surface area contributed by atoms with Gasteiger partial charge in [-0.3, -0.25) is 4.79 Å². The number of unbranched alkanes of at least 4 members (excludes halogenated alkanes) is 2. The lowest BCUT2D eigenvalue weighted by Crippen LogP contribution is -2.46. The first-order chi connectivity index (χ1) is 9.92. The quantitative estimate of drug-likeness (QED) is 0.557. The van der Waals surface area contributed by atoms with Crippen molar-refractivity contribution in [3.05, 3.63) is 47.5 Å². The molecule has 0 heterocycles. The van der Waals surface area contributed by atoms with Crippen molar-refractivity contribution in [3.63, 3.8) is 0 Å². The summed E-state index contributed by atoms with van der Waals surface area (Å²) < 4.78 is 40.7. The van der Waals surface area contributed by atoms with E-state index in [0.29, 0.717) is 12.0 Å². The Bertz CT molecular complexity index is 545. The maximum atomic E-state index is 13.6. The molecule has 21 heavy (non-hydrogen) atoms. The second-order valence-corrected chi connectivity index (χ2v) is 5.50. The molecule has 4 heteroatoms. The zero-order valence-corrected chi connectivity index (χ0v) is 12.0. The van der Waals surface area contributed by atoms with Crippen LogP contribution in [0.25, 0.3) is 0 Å². The second-order valence-electron chi connectivity index (χ2n) is 5.50. The molecule has 0 fully saturated rings. The van der Waals surface area contributed by atoms with Crippen LogP contribution in [0.15, 0.2) is 36.4 Å². The fourth-order valence-corrected chi connectivity index (χ4v) is 2.78. The molecule has 1 aromatic carbocycles. The van der Waals surface area contributed by atoms with Crippen LogP contribution in [0.4, 0.5) is 13.2 Å². The van der Waals surface area contributed by atoms with Gasteiger partial charge in [-0.15, -0.1) is 0 Å². The minimum Gasteiger partial charge on any atom is -0.293 e. The summed E-state index contributed by atoms with van der Waals surface area (Å²) in [5.41, 5.74) is -1.43. The predicted octanol–water partition coefficient (Wildman–Crippen LogP) is 5.11. The first-order valence-corrected chi connectivity index (χ1v) is 7.29. The number of ketones is 1. The molecule has 0 N–H and O–H groups in total. The Morgan fingerprint density at radius 2 is 2.00 bits per heavy atom. The van der Waals surface area contributed by atoms with E-state index in [0.717, 1.165) is 18.9 Å². The van der Waals surface area contributed by atoms with Crippen LogP contribution in [-0.2, 0) is 6.42 Å². The molecule has 1 nitrogen and oxygen atoms in total. The Morgan fingerprint density at radius 3 is 2.67 bits per heavy atom. The molecule has 0 unspecified atom stereocenters. The van der Waals surface area contributed by atoms with Gasteiger partial charge in [0.25, 0.3) is 0 Å². The minimum absolute atomic E-state index is 0.199. The molecule has 1 aromatic rings. The lowest BCUT2D eigenvalue weighted by molar-refractivity contribution is -0.190. The molecule has 1 aliphatic carbocycles. The molecule has 0 spiro atoms. The molecule has 1 atom stereocenters. The number of aryl methyl sites for hydroxylation is 1. The van der Waals surface area contributed by atoms with Gasteiger partial charge in [0.1, 0.15) is 5.41 Å². The van der Waals surface area contributed by atoms with Crippen LogP contribution >= 0.6 is 0 Å². The van der Waals surface area contributed by atoms with E-state index in [-0.39, 0.29) is 18.4 Å². The van der Waals surface area contributed by atoms with E-state index in [9.17, 15) is 18.0 Å². The fraction of sp³-hybridized carbons (Fsp3) is 0.471. The third kappa shape index (κ3) is 2.89. The summed E-state index contributed by atoms with van der Waals surface area (Å²) in [7, 11) is 0. The molecule has 0 bridgehead atoms. The van der Waals surface area contributed by atoms with Crippen LogP contribution in [0.5, 0.6) is 0 Å². The number of alkyl halides is 3. The highest BCUT2D eigenvalue weighted by molar-refractivity contribution is 6.04. The lowest BCUT2D eigenvalue weighted by atomic mass is 9.69. The van der Waals surface area contributed by atoms with E-state index in [4.69, 9.17) is 0 Å². The summed E-state index contributed by atoms with van der Waals surface area (Å²) in [6.45, 7) is 1.98. The SMILES string of the molecule is CCCC/C=C/[C@]1(C(F)(F)F)CCc2ccccc2C1=O. The normalized spacial score (nSPS) is 22.6. The Kier molecular flexibility index (Phi) is 4.55. The number of hydrogen-bond donors (Lipinski definition) is 0. The summed E-state index contributed by atoms with van der Waals surface area (Å²) in [5, 5.41) is 0. The molecular formula is C17H19F3O. The summed E-state index contributed by atoms with van der Waals surface area (Å²) in [4.78, 5) is 12.5. The van der Waals surface area contributed by atoms with Gasteiger partial charge in [0, 0.05) is 5.56 Å². The highest BCUT2D eigenvalue weighted by Crippen LogP contribution is 2.48. The summed E-state index contributed by atoms with van der Waals surface area (Å²) in [6, 6.07) is 6.60. The van der Waals surface area contributed by atoms with Crippen molar-refractivity contribution in [1.29, 1.82) is 0 Å². The van der Waals surface area contributed by atoms with E-state index in [1.807, 2.05) is 6.92 Å². The van der Waals surface area contributed by atoms with Crippen LogP contribution in [0.1, 0.15) is 48.5 Å². The minimum atomic E-state index is -4.56. The van der Waals surface area contributed by atoms with Crippen LogP contribution in [0.2, 0.25) is 0 Å². The Labute approximate surface area is 122 Å². The highest BCUT2D eigenvalue weighted by Gasteiger charge is 2.59. The third-order valence-electron chi connectivity index (χ3n) is 4.09. The van der Waals surface area contributed by atoms with Crippen molar-refractivity contribution in [2.75, 3.05) is 0 Å². The standard InChI is InChI=1S/C17H19F3O/c1-2-3-4-7-11-16(17(18,19)20)12-10-13-8-5-6-9-14(13)15(16)21/h5-9,11H,2-4,10,12H2,1H3/b11-7+/t16-/m0/s1. The Morgan fingerprint density at radius 1 is 1.29 bits per heavy atom. The summed E-state index contributed by atoms with van der Waals surface area (Å²) in [5.74, 6) is -0.815. The zero-order valence-electron chi connectivity index (χ0n) is 12.0. The summed E-state index contributed by atoms with van der Waals surface area (Å²) in [6.07, 6.45) is 0.456. The van der Waals surface area contributed by atoms with Gasteiger partial charge in [-0.2, -0.15) is 13.2 Å². The van der Waals surface area contributed by atoms with Gasteiger partial charge < -0.3 is 0 Å². The van der Waals surface area contributed by atoms with Crippen molar-refractivity contribution in [2.24, 2.45) is 5.41 Å². The molecule has 0 saturated heterocycles. The first kappa shape index (κ1) is 15.8. The van der Waals surface area contributed by atoms with E-state index in [1.165, 1.54) is 12.1 Å². The number of allylic oxidation sites excluding steroid dienone is 2. The summed E-state index contributed by atoms with van der Waals surface area (Å²) >= 11 is 0. The first-order valence-electron chi connectivity index (χ1n) is 7.29. The van der Waals surface area contributed by atoms with E-state index in [2.05, 4.69) is 0 Å². The smallest absolute Gasteiger partial charge is 0.293 e. The monoisotopic (exact) mass is 296 g/mol. The Hall–Kier alpha value is -1.58. The molecule has 0 amide bonds. The molecular weight excluding hydrogens is 277 g/mol. The maximum Gasteiger partial charge on any atom is 0.405 e. The number of fused-ring (bicyclic) bond motifs is 1. The zero-order chi connectivity index (χ0) is 15.5. The molecule has 1 aliphatic rings. The average molecular weight is 296 g/mol. The fourth-order valence-electron chi connectivity index (χ4n) is 2.78. The van der Waals surface area contributed by atoms with Gasteiger partial charge in [0.15, 0.2) is 5.78 Å². The van der Waals surface area contributed by atoms with Crippen molar-refractivity contribution >= 4 is 5.78 Å². The van der Waals surface area contributed by atoms with Crippen molar-refractivity contribution in [1.82, 2.24) is 0 Å². The van der Waals surface area contributed by atoms with E-state index < -0.39 is 17.4 Å². The molecule has 0 aromatic heterocycles. The van der Waals surface area contributed by atoms with Crippen LogP contribution < -0.4 is 0 Å². The van der Waals surface area contributed by atoms with Crippen LogP contribution in [0.3, 0.4) is 0 Å². The van der Waals surface area contributed by atoms with E-state index in [1.54, 1.807) is 18.2 Å². The van der Waals surface area contributed by atoms with Crippen LogP contribution in [0, 0.1) is 5.41 Å². The van der Waals surface area contributed by atoms with Gasteiger partial charge in [0.2, 0.25) is 0 Å². The molecule has 114 valence electrons. The van der Waals surface area contributed by atoms with Gasteiger partial charge in [-0.1, -0.05) is 56.2 Å². The van der Waals surface area contributed by atoms with Gasteiger partial charge in [0.05, 0.1) is 0 Å². The van der Waals surface area contributed by atoms with Crippen molar-refractivity contribution in [2.45, 2.75) is 45.2 Å². The average Bonchev–Trinajstić information content (AvgIpc) is 2.45. The van der Waals surface area contributed by atoms with Gasteiger partial charge >= 0.3 is 6.18 Å². The highest BCUT2D eigenvalue weighted by atomic mass is 19.4.